The number of rotatable bonds is 7. The number of thiocarbonyl (C=S) groups is 1. The fraction of sp³-hybridized carbons (Fsp3) is 0.533. The van der Waals surface area contributed by atoms with E-state index in [4.69, 9.17) is 22.7 Å². The summed E-state index contributed by atoms with van der Waals surface area (Å²) in [6.07, 6.45) is 0. The lowest BCUT2D eigenvalue weighted by Gasteiger charge is -2.16. The van der Waals surface area contributed by atoms with Crippen molar-refractivity contribution in [2.24, 2.45) is 11.1 Å². The first-order chi connectivity index (χ1) is 10.3. The third kappa shape index (κ3) is 2.96. The summed E-state index contributed by atoms with van der Waals surface area (Å²) >= 11 is 8.62. The van der Waals surface area contributed by atoms with Gasteiger partial charge < -0.3 is 10.5 Å². The predicted octanol–water partition coefficient (Wildman–Crippen LogP) is 2.66. The molecule has 0 aliphatic heterocycles. The zero-order valence-corrected chi connectivity index (χ0v) is 15.8. The standard InChI is InChI=1S/C15H20BrNO3S2/c1-3-20-9-15(14(17)21)12(13(15)22(18,19)4-2)10-5-7-11(16)8-6-10/h5-8,12-13H,3-4,9H2,1-2H3,(H2,17,21)/t12-,13+,15-/m1/s1. The second-order valence-electron chi connectivity index (χ2n) is 5.44. The fourth-order valence-corrected chi connectivity index (χ4v) is 5.79. The van der Waals surface area contributed by atoms with Gasteiger partial charge in [-0.05, 0) is 24.6 Å². The van der Waals surface area contributed by atoms with Gasteiger partial charge in [0.25, 0.3) is 0 Å². The topological polar surface area (TPSA) is 69.4 Å². The van der Waals surface area contributed by atoms with E-state index in [-0.39, 0.29) is 23.3 Å². The van der Waals surface area contributed by atoms with Crippen molar-refractivity contribution < 1.29 is 13.2 Å². The van der Waals surface area contributed by atoms with Gasteiger partial charge >= 0.3 is 0 Å². The lowest BCUT2D eigenvalue weighted by Crippen LogP contribution is -2.34. The minimum atomic E-state index is -3.27. The molecule has 0 heterocycles. The highest BCUT2D eigenvalue weighted by Gasteiger charge is 2.72. The van der Waals surface area contributed by atoms with E-state index in [1.54, 1.807) is 6.92 Å². The minimum Gasteiger partial charge on any atom is -0.393 e. The minimum absolute atomic E-state index is 0.0706. The molecule has 1 fully saturated rings. The molecule has 0 saturated heterocycles. The van der Waals surface area contributed by atoms with E-state index in [0.29, 0.717) is 6.61 Å². The molecule has 0 spiro atoms. The second-order valence-corrected chi connectivity index (χ2v) is 9.21. The highest BCUT2D eigenvalue weighted by molar-refractivity contribution is 9.10. The van der Waals surface area contributed by atoms with E-state index >= 15 is 0 Å². The van der Waals surface area contributed by atoms with E-state index in [0.717, 1.165) is 10.0 Å². The van der Waals surface area contributed by atoms with Crippen LogP contribution in [-0.4, -0.2) is 37.6 Å². The van der Waals surface area contributed by atoms with Gasteiger partial charge in [0.1, 0.15) is 0 Å². The van der Waals surface area contributed by atoms with Crippen LogP contribution in [0.5, 0.6) is 0 Å². The zero-order valence-electron chi connectivity index (χ0n) is 12.6. The Morgan fingerprint density at radius 2 is 1.95 bits per heavy atom. The molecular weight excluding hydrogens is 386 g/mol. The molecule has 122 valence electrons. The number of benzene rings is 1. The largest absolute Gasteiger partial charge is 0.393 e. The fourth-order valence-electron chi connectivity index (χ4n) is 3.06. The summed E-state index contributed by atoms with van der Waals surface area (Å²) in [4.78, 5) is 0.218. The van der Waals surface area contributed by atoms with Gasteiger partial charge in [-0.25, -0.2) is 8.42 Å². The van der Waals surface area contributed by atoms with Gasteiger partial charge in [0.05, 0.1) is 22.3 Å². The molecule has 0 bridgehead atoms. The van der Waals surface area contributed by atoms with Gasteiger partial charge in [0.2, 0.25) is 0 Å². The van der Waals surface area contributed by atoms with Gasteiger partial charge in [-0.15, -0.1) is 0 Å². The average molecular weight is 406 g/mol. The molecule has 1 aliphatic rings. The number of hydrogen-bond acceptors (Lipinski definition) is 4. The van der Waals surface area contributed by atoms with Crippen molar-refractivity contribution in [2.45, 2.75) is 25.0 Å². The van der Waals surface area contributed by atoms with Crippen molar-refractivity contribution in [3.8, 4) is 0 Å². The molecule has 0 amide bonds. The Bertz CT molecular complexity index is 660. The van der Waals surface area contributed by atoms with Gasteiger partial charge in [-0.1, -0.05) is 47.2 Å². The summed E-state index contributed by atoms with van der Waals surface area (Å²) in [7, 11) is -3.27. The summed E-state index contributed by atoms with van der Waals surface area (Å²) in [5.41, 5.74) is 6.08. The van der Waals surface area contributed by atoms with Crippen LogP contribution in [0, 0.1) is 5.41 Å². The monoisotopic (exact) mass is 405 g/mol. The van der Waals surface area contributed by atoms with Crippen LogP contribution in [0.25, 0.3) is 0 Å². The average Bonchev–Trinajstić information content (AvgIpc) is 3.17. The van der Waals surface area contributed by atoms with E-state index in [1.807, 2.05) is 31.2 Å². The molecule has 1 aromatic carbocycles. The van der Waals surface area contributed by atoms with Crippen LogP contribution in [0.3, 0.4) is 0 Å². The van der Waals surface area contributed by atoms with Gasteiger partial charge in [-0.2, -0.15) is 0 Å². The lowest BCUT2D eigenvalue weighted by molar-refractivity contribution is 0.121. The summed E-state index contributed by atoms with van der Waals surface area (Å²) in [6.45, 7) is 4.25. The lowest BCUT2D eigenvalue weighted by atomic mass is 10.00. The zero-order chi connectivity index (χ0) is 16.5. The van der Waals surface area contributed by atoms with Gasteiger partial charge in [0, 0.05) is 22.8 Å². The van der Waals surface area contributed by atoms with Gasteiger partial charge in [0.15, 0.2) is 9.84 Å². The number of nitrogens with two attached hydrogens (primary N) is 1. The number of hydrogen-bond donors (Lipinski definition) is 1. The summed E-state index contributed by atoms with van der Waals surface area (Å²) < 4.78 is 31.5. The predicted molar refractivity (Wildman–Crippen MR) is 95.8 cm³/mol. The molecular formula is C15H20BrNO3S2. The van der Waals surface area contributed by atoms with Crippen molar-refractivity contribution in [3.05, 3.63) is 34.3 Å². The normalized spacial score (nSPS) is 27.6. The van der Waals surface area contributed by atoms with Crippen molar-refractivity contribution in [1.82, 2.24) is 0 Å². The molecule has 7 heteroatoms. The third-order valence-electron chi connectivity index (χ3n) is 4.28. The van der Waals surface area contributed by atoms with Crippen LogP contribution in [0.2, 0.25) is 0 Å². The molecule has 0 radical (unpaired) electrons. The first-order valence-electron chi connectivity index (χ1n) is 7.16. The van der Waals surface area contributed by atoms with Crippen molar-refractivity contribution in [1.29, 1.82) is 0 Å². The highest BCUT2D eigenvalue weighted by Crippen LogP contribution is 2.63. The second kappa shape index (κ2) is 6.55. The van der Waals surface area contributed by atoms with Crippen LogP contribution < -0.4 is 5.73 Å². The molecule has 22 heavy (non-hydrogen) atoms. The van der Waals surface area contributed by atoms with Gasteiger partial charge in [-0.3, -0.25) is 0 Å². The molecule has 1 aromatic rings. The molecule has 2 rings (SSSR count). The molecule has 4 nitrogen and oxygen atoms in total. The van der Waals surface area contributed by atoms with Crippen molar-refractivity contribution >= 4 is 43.0 Å². The maximum atomic E-state index is 12.5. The highest BCUT2D eigenvalue weighted by atomic mass is 79.9. The van der Waals surface area contributed by atoms with E-state index in [9.17, 15) is 8.42 Å². The number of halogens is 1. The molecule has 0 unspecified atom stereocenters. The van der Waals surface area contributed by atoms with Crippen molar-refractivity contribution in [3.63, 3.8) is 0 Å². The first-order valence-corrected chi connectivity index (χ1v) is 10.1. The maximum absolute atomic E-state index is 12.5. The van der Waals surface area contributed by atoms with E-state index in [1.165, 1.54) is 0 Å². The Labute approximate surface area is 145 Å². The maximum Gasteiger partial charge on any atom is 0.154 e. The summed E-state index contributed by atoms with van der Waals surface area (Å²) in [5.74, 6) is -0.170. The van der Waals surface area contributed by atoms with Crippen LogP contribution in [-0.2, 0) is 14.6 Å². The third-order valence-corrected chi connectivity index (χ3v) is 7.46. The Morgan fingerprint density at radius 3 is 2.41 bits per heavy atom. The first kappa shape index (κ1) is 17.8. The molecule has 0 aromatic heterocycles. The summed E-state index contributed by atoms with van der Waals surface area (Å²) in [6, 6.07) is 7.63. The smallest absolute Gasteiger partial charge is 0.154 e. The Kier molecular flexibility index (Phi) is 5.31. The molecule has 1 aliphatic carbocycles. The van der Waals surface area contributed by atoms with Crippen LogP contribution >= 0.6 is 28.1 Å². The van der Waals surface area contributed by atoms with Crippen LogP contribution in [0.15, 0.2) is 28.7 Å². The Balaban J connectivity index is 2.48. The SMILES string of the molecule is CCOC[C@@]1(C(N)=S)[C@H](c2ccc(Br)cc2)[C@@H]1S(=O)(=O)CC. The molecule has 3 atom stereocenters. The quantitative estimate of drug-likeness (QED) is 0.706. The van der Waals surface area contributed by atoms with E-state index in [2.05, 4.69) is 15.9 Å². The Morgan fingerprint density at radius 1 is 1.36 bits per heavy atom. The molecule has 1 saturated carbocycles. The Hall–Kier alpha value is -0.500. The molecule has 2 N–H and O–H groups in total. The summed E-state index contributed by atoms with van der Waals surface area (Å²) in [5, 5.41) is -0.602. The van der Waals surface area contributed by atoms with Crippen LogP contribution in [0.4, 0.5) is 0 Å². The number of sulfone groups is 1. The van der Waals surface area contributed by atoms with E-state index < -0.39 is 20.5 Å². The number of ether oxygens (including phenoxy) is 1. The van der Waals surface area contributed by atoms with Crippen molar-refractivity contribution in [2.75, 3.05) is 19.0 Å². The van der Waals surface area contributed by atoms with Crippen LogP contribution in [0.1, 0.15) is 25.3 Å².